The van der Waals surface area contributed by atoms with E-state index >= 15 is 0 Å². The highest BCUT2D eigenvalue weighted by atomic mass is 16.5. The van der Waals surface area contributed by atoms with E-state index in [1.165, 1.54) is 7.11 Å². The number of carbonyl (C=O) groups is 1. The van der Waals surface area contributed by atoms with E-state index < -0.39 is 6.10 Å². The smallest absolute Gasteiger partial charge is 0.220 e. The maximum Gasteiger partial charge on any atom is 0.220 e. The van der Waals surface area contributed by atoms with Crippen LogP contribution in [0.2, 0.25) is 0 Å². The van der Waals surface area contributed by atoms with Gasteiger partial charge < -0.3 is 24.6 Å². The zero-order chi connectivity index (χ0) is 15.8. The van der Waals surface area contributed by atoms with E-state index in [-0.39, 0.29) is 5.91 Å². The van der Waals surface area contributed by atoms with Crippen LogP contribution in [-0.4, -0.2) is 38.4 Å². The summed E-state index contributed by atoms with van der Waals surface area (Å²) in [5.74, 6) is 1.50. The minimum atomic E-state index is -0.475. The molecular formula is C15H23NO5. The largest absolute Gasteiger partial charge is 0.493 e. The maximum absolute atomic E-state index is 11.6. The van der Waals surface area contributed by atoms with Crippen molar-refractivity contribution in [2.24, 2.45) is 0 Å². The molecule has 6 heteroatoms. The molecule has 1 rings (SSSR count). The number of aliphatic hydroxyl groups is 1. The molecule has 1 atom stereocenters. The van der Waals surface area contributed by atoms with Crippen molar-refractivity contribution in [1.82, 2.24) is 5.32 Å². The molecule has 0 fully saturated rings. The molecule has 0 heterocycles. The van der Waals surface area contributed by atoms with Gasteiger partial charge in [-0.05, 0) is 31.0 Å². The number of aliphatic hydroxyl groups excluding tert-OH is 1. The summed E-state index contributed by atoms with van der Waals surface area (Å²) in [5, 5.41) is 11.9. The fourth-order valence-electron chi connectivity index (χ4n) is 1.87. The Bertz CT molecular complexity index is 448. The van der Waals surface area contributed by atoms with Crippen LogP contribution in [0.1, 0.15) is 25.3 Å². The van der Waals surface area contributed by atoms with Gasteiger partial charge in [-0.25, -0.2) is 0 Å². The minimum absolute atomic E-state index is 0.107. The van der Waals surface area contributed by atoms with Crippen LogP contribution < -0.4 is 19.5 Å². The van der Waals surface area contributed by atoms with Crippen LogP contribution in [0, 0.1) is 0 Å². The summed E-state index contributed by atoms with van der Waals surface area (Å²) in [6.45, 7) is 2.02. The van der Waals surface area contributed by atoms with Gasteiger partial charge in [0.05, 0.1) is 27.4 Å². The van der Waals surface area contributed by atoms with Gasteiger partial charge in [0.25, 0.3) is 0 Å². The van der Waals surface area contributed by atoms with Gasteiger partial charge in [0.2, 0.25) is 11.7 Å². The summed E-state index contributed by atoms with van der Waals surface area (Å²) in [7, 11) is 4.63. The molecule has 0 saturated carbocycles. The molecule has 0 aliphatic rings. The first-order valence-corrected chi connectivity index (χ1v) is 6.75. The lowest BCUT2D eigenvalue weighted by atomic mass is 10.1. The van der Waals surface area contributed by atoms with Crippen LogP contribution >= 0.6 is 0 Å². The standard InChI is InChI=1S/C15H23NO5/c1-10(17)5-6-14(18)16-9-11-7-12(19-2)15(21-4)13(8-11)20-3/h7-8,10,17H,5-6,9H2,1-4H3,(H,16,18). The number of hydrogen-bond donors (Lipinski definition) is 2. The summed E-state index contributed by atoms with van der Waals surface area (Å²) in [6.07, 6.45) is 0.264. The first-order chi connectivity index (χ1) is 10.0. The summed E-state index contributed by atoms with van der Waals surface area (Å²) >= 11 is 0. The number of ether oxygens (including phenoxy) is 3. The lowest BCUT2D eigenvalue weighted by Gasteiger charge is -2.14. The molecule has 1 unspecified atom stereocenters. The van der Waals surface area contributed by atoms with Crippen molar-refractivity contribution in [2.45, 2.75) is 32.4 Å². The Hall–Kier alpha value is -1.95. The van der Waals surface area contributed by atoms with Crippen molar-refractivity contribution in [1.29, 1.82) is 0 Å². The number of amides is 1. The number of hydrogen-bond acceptors (Lipinski definition) is 5. The highest BCUT2D eigenvalue weighted by Gasteiger charge is 2.13. The number of methoxy groups -OCH3 is 3. The SMILES string of the molecule is COc1cc(CNC(=O)CCC(C)O)cc(OC)c1OC. The Labute approximate surface area is 125 Å². The van der Waals surface area contributed by atoms with Crippen molar-refractivity contribution < 1.29 is 24.1 Å². The number of benzene rings is 1. The van der Waals surface area contributed by atoms with E-state index in [0.717, 1.165) is 5.56 Å². The zero-order valence-electron chi connectivity index (χ0n) is 12.9. The number of carbonyl (C=O) groups excluding carboxylic acids is 1. The van der Waals surface area contributed by atoms with Crippen LogP contribution in [0.4, 0.5) is 0 Å². The van der Waals surface area contributed by atoms with Crippen LogP contribution in [-0.2, 0) is 11.3 Å². The zero-order valence-corrected chi connectivity index (χ0v) is 12.9. The molecule has 1 amide bonds. The van der Waals surface area contributed by atoms with E-state index in [4.69, 9.17) is 19.3 Å². The molecule has 2 N–H and O–H groups in total. The first-order valence-electron chi connectivity index (χ1n) is 6.75. The Morgan fingerprint density at radius 2 is 1.76 bits per heavy atom. The molecule has 0 spiro atoms. The highest BCUT2D eigenvalue weighted by molar-refractivity contribution is 5.75. The first kappa shape index (κ1) is 17.1. The molecule has 1 aromatic carbocycles. The molecule has 6 nitrogen and oxygen atoms in total. The monoisotopic (exact) mass is 297 g/mol. The Balaban J connectivity index is 2.73. The summed E-state index contributed by atoms with van der Waals surface area (Å²) < 4.78 is 15.7. The van der Waals surface area contributed by atoms with Crippen LogP contribution in [0.25, 0.3) is 0 Å². The van der Waals surface area contributed by atoms with E-state index in [0.29, 0.717) is 36.6 Å². The van der Waals surface area contributed by atoms with Gasteiger partial charge in [0.1, 0.15) is 0 Å². The van der Waals surface area contributed by atoms with Crippen molar-refractivity contribution >= 4 is 5.91 Å². The van der Waals surface area contributed by atoms with Gasteiger partial charge in [0, 0.05) is 13.0 Å². The third-order valence-corrected chi connectivity index (χ3v) is 3.00. The normalized spacial score (nSPS) is 11.7. The van der Waals surface area contributed by atoms with E-state index in [1.54, 1.807) is 33.3 Å². The fourth-order valence-corrected chi connectivity index (χ4v) is 1.87. The average molecular weight is 297 g/mol. The summed E-state index contributed by atoms with van der Waals surface area (Å²) in [5.41, 5.74) is 0.842. The summed E-state index contributed by atoms with van der Waals surface area (Å²) in [4.78, 5) is 11.6. The lowest BCUT2D eigenvalue weighted by Crippen LogP contribution is -2.23. The summed E-state index contributed by atoms with van der Waals surface area (Å²) in [6, 6.07) is 3.58. The van der Waals surface area contributed by atoms with Crippen molar-refractivity contribution in [3.8, 4) is 17.2 Å². The van der Waals surface area contributed by atoms with Crippen molar-refractivity contribution in [3.05, 3.63) is 17.7 Å². The van der Waals surface area contributed by atoms with E-state index in [1.807, 2.05) is 0 Å². The molecule has 0 aliphatic heterocycles. The third kappa shape index (κ3) is 5.15. The Kier molecular flexibility index (Phi) is 6.81. The molecular weight excluding hydrogens is 274 g/mol. The van der Waals surface area contributed by atoms with E-state index in [2.05, 4.69) is 5.32 Å². The van der Waals surface area contributed by atoms with Crippen LogP contribution in [0.3, 0.4) is 0 Å². The quantitative estimate of drug-likeness (QED) is 0.760. The van der Waals surface area contributed by atoms with Gasteiger partial charge in [-0.1, -0.05) is 0 Å². The van der Waals surface area contributed by atoms with Crippen molar-refractivity contribution in [3.63, 3.8) is 0 Å². The van der Waals surface area contributed by atoms with Gasteiger partial charge in [0.15, 0.2) is 11.5 Å². The molecule has 1 aromatic rings. The third-order valence-electron chi connectivity index (χ3n) is 3.00. The van der Waals surface area contributed by atoms with Crippen LogP contribution in [0.5, 0.6) is 17.2 Å². The molecule has 0 aromatic heterocycles. The van der Waals surface area contributed by atoms with Gasteiger partial charge >= 0.3 is 0 Å². The van der Waals surface area contributed by atoms with E-state index in [9.17, 15) is 4.79 Å². The fraction of sp³-hybridized carbons (Fsp3) is 0.533. The minimum Gasteiger partial charge on any atom is -0.493 e. The topological polar surface area (TPSA) is 77.0 Å². The molecule has 21 heavy (non-hydrogen) atoms. The molecule has 0 radical (unpaired) electrons. The second-order valence-electron chi connectivity index (χ2n) is 4.70. The molecule has 0 saturated heterocycles. The number of nitrogens with one attached hydrogen (secondary N) is 1. The Morgan fingerprint density at radius 3 is 2.19 bits per heavy atom. The molecule has 0 aliphatic carbocycles. The molecule has 118 valence electrons. The predicted octanol–water partition coefficient (Wildman–Crippen LogP) is 1.49. The van der Waals surface area contributed by atoms with Gasteiger partial charge in [-0.15, -0.1) is 0 Å². The molecule has 0 bridgehead atoms. The van der Waals surface area contributed by atoms with Crippen molar-refractivity contribution in [2.75, 3.05) is 21.3 Å². The predicted molar refractivity (Wildman–Crippen MR) is 78.9 cm³/mol. The average Bonchev–Trinajstić information content (AvgIpc) is 2.49. The highest BCUT2D eigenvalue weighted by Crippen LogP contribution is 2.38. The second-order valence-corrected chi connectivity index (χ2v) is 4.70. The van der Waals surface area contributed by atoms with Crippen LogP contribution in [0.15, 0.2) is 12.1 Å². The van der Waals surface area contributed by atoms with Gasteiger partial charge in [-0.2, -0.15) is 0 Å². The maximum atomic E-state index is 11.6. The van der Waals surface area contributed by atoms with Gasteiger partial charge in [-0.3, -0.25) is 4.79 Å². The second kappa shape index (κ2) is 8.36. The number of rotatable bonds is 8. The Morgan fingerprint density at radius 1 is 1.19 bits per heavy atom. The lowest BCUT2D eigenvalue weighted by molar-refractivity contribution is -0.121.